The van der Waals surface area contributed by atoms with Crippen LogP contribution >= 0.6 is 12.4 Å². The lowest BCUT2D eigenvalue weighted by atomic mass is 9.84. The number of nitrogens with zero attached hydrogens (tertiary/aromatic N) is 1. The molecule has 30 heavy (non-hydrogen) atoms. The van der Waals surface area contributed by atoms with Crippen molar-refractivity contribution in [2.75, 3.05) is 19.6 Å². The molecule has 1 saturated heterocycles. The summed E-state index contributed by atoms with van der Waals surface area (Å²) >= 11 is 0. The highest BCUT2D eigenvalue weighted by Gasteiger charge is 2.30. The van der Waals surface area contributed by atoms with Crippen molar-refractivity contribution >= 4 is 12.4 Å². The summed E-state index contributed by atoms with van der Waals surface area (Å²) in [7, 11) is 0. The highest BCUT2D eigenvalue weighted by molar-refractivity contribution is 5.85. The topological polar surface area (TPSA) is 23.5 Å². The molecule has 0 spiro atoms. The quantitative estimate of drug-likeness (QED) is 0.575. The highest BCUT2D eigenvalue weighted by atomic mass is 35.5. The van der Waals surface area contributed by atoms with Crippen molar-refractivity contribution in [1.29, 1.82) is 0 Å². The fraction of sp³-hybridized carbons (Fsp3) is 0.259. The van der Waals surface area contributed by atoms with Crippen LogP contribution in [0, 0.1) is 11.8 Å². The second-order valence-corrected chi connectivity index (χ2v) is 7.75. The van der Waals surface area contributed by atoms with Gasteiger partial charge in [0.2, 0.25) is 0 Å². The molecule has 0 saturated carbocycles. The van der Waals surface area contributed by atoms with E-state index in [0.717, 1.165) is 30.8 Å². The van der Waals surface area contributed by atoms with E-state index in [0.29, 0.717) is 12.3 Å². The van der Waals surface area contributed by atoms with Gasteiger partial charge in [0, 0.05) is 13.0 Å². The van der Waals surface area contributed by atoms with Gasteiger partial charge in [0.15, 0.2) is 0 Å². The molecule has 1 unspecified atom stereocenters. The van der Waals surface area contributed by atoms with Crippen molar-refractivity contribution in [3.05, 3.63) is 108 Å². The van der Waals surface area contributed by atoms with E-state index in [-0.39, 0.29) is 12.4 Å². The monoisotopic (exact) mass is 417 g/mol. The Hall–Kier alpha value is -2.57. The zero-order chi connectivity index (χ0) is 19.9. The summed E-state index contributed by atoms with van der Waals surface area (Å²) in [5.74, 6) is 7.17. The predicted molar refractivity (Wildman–Crippen MR) is 126 cm³/mol. The number of benzene rings is 3. The molecule has 1 atom stereocenters. The number of rotatable bonds is 5. The van der Waals surface area contributed by atoms with Crippen LogP contribution in [0.1, 0.15) is 35.4 Å². The molecule has 3 aromatic rings. The van der Waals surface area contributed by atoms with Crippen LogP contribution in [0.3, 0.4) is 0 Å². The molecule has 0 bridgehead atoms. The van der Waals surface area contributed by atoms with Crippen LogP contribution in [-0.2, 0) is 5.60 Å². The molecule has 1 heterocycles. The van der Waals surface area contributed by atoms with E-state index in [9.17, 15) is 5.11 Å². The van der Waals surface area contributed by atoms with Crippen LogP contribution in [0.4, 0.5) is 0 Å². The Bertz CT molecular complexity index is 924. The first-order valence-corrected chi connectivity index (χ1v) is 10.3. The number of halogens is 1. The first-order chi connectivity index (χ1) is 14.3. The van der Waals surface area contributed by atoms with Gasteiger partial charge in [0.1, 0.15) is 5.60 Å². The maximum Gasteiger partial charge on any atom is 0.125 e. The molecule has 1 fully saturated rings. The number of hydrogen-bond acceptors (Lipinski definition) is 2. The number of aliphatic hydroxyl groups is 1. The zero-order valence-electron chi connectivity index (χ0n) is 17.1. The predicted octanol–water partition coefficient (Wildman–Crippen LogP) is 5.23. The molecule has 0 radical (unpaired) electrons. The summed E-state index contributed by atoms with van der Waals surface area (Å²) < 4.78 is 0. The van der Waals surface area contributed by atoms with Crippen molar-refractivity contribution in [3.63, 3.8) is 0 Å². The summed E-state index contributed by atoms with van der Waals surface area (Å²) in [5.41, 5.74) is 2.09. The molecular weight excluding hydrogens is 390 g/mol. The molecule has 2 nitrogen and oxygen atoms in total. The first kappa shape index (κ1) is 22.1. The summed E-state index contributed by atoms with van der Waals surface area (Å²) in [5, 5.41) is 11.5. The molecule has 1 N–H and O–H groups in total. The number of likely N-dealkylation sites (tertiary alicyclic amines) is 1. The summed E-state index contributed by atoms with van der Waals surface area (Å²) in [6.07, 6.45) is 1.57. The lowest BCUT2D eigenvalue weighted by Crippen LogP contribution is -2.27. The summed E-state index contributed by atoms with van der Waals surface area (Å²) in [6, 6.07) is 30.4. The minimum Gasteiger partial charge on any atom is -0.379 e. The Morgan fingerprint density at radius 2 is 1.33 bits per heavy atom. The van der Waals surface area contributed by atoms with Crippen molar-refractivity contribution in [2.45, 2.75) is 24.4 Å². The van der Waals surface area contributed by atoms with Gasteiger partial charge < -0.3 is 5.11 Å². The second-order valence-electron chi connectivity index (χ2n) is 7.75. The van der Waals surface area contributed by atoms with E-state index in [1.807, 2.05) is 60.7 Å². The minimum absolute atomic E-state index is 0. The van der Waals surface area contributed by atoms with Gasteiger partial charge in [-0.15, -0.1) is 12.4 Å². The smallest absolute Gasteiger partial charge is 0.125 e. The van der Waals surface area contributed by atoms with Crippen LogP contribution < -0.4 is 0 Å². The molecule has 0 aliphatic carbocycles. The van der Waals surface area contributed by atoms with Gasteiger partial charge in [-0.25, -0.2) is 0 Å². The van der Waals surface area contributed by atoms with E-state index >= 15 is 0 Å². The van der Waals surface area contributed by atoms with E-state index in [1.54, 1.807) is 0 Å². The van der Waals surface area contributed by atoms with Gasteiger partial charge >= 0.3 is 0 Å². The van der Waals surface area contributed by atoms with E-state index in [2.05, 4.69) is 47.1 Å². The zero-order valence-corrected chi connectivity index (χ0v) is 17.9. The molecular formula is C27H28ClNO. The van der Waals surface area contributed by atoms with Crippen molar-refractivity contribution in [1.82, 2.24) is 4.90 Å². The Morgan fingerprint density at radius 1 is 0.800 bits per heavy atom. The first-order valence-electron chi connectivity index (χ1n) is 10.3. The Labute approximate surface area is 186 Å². The van der Waals surface area contributed by atoms with Crippen LogP contribution in [0.2, 0.25) is 0 Å². The van der Waals surface area contributed by atoms with Crippen molar-refractivity contribution in [2.24, 2.45) is 0 Å². The molecule has 4 rings (SSSR count). The lowest BCUT2D eigenvalue weighted by molar-refractivity contribution is 0.0865. The van der Waals surface area contributed by atoms with Crippen LogP contribution in [0.25, 0.3) is 0 Å². The Morgan fingerprint density at radius 3 is 1.90 bits per heavy atom. The molecule has 154 valence electrons. The van der Waals surface area contributed by atoms with Crippen molar-refractivity contribution in [3.8, 4) is 11.8 Å². The molecule has 0 amide bonds. The molecule has 3 heteroatoms. The van der Waals surface area contributed by atoms with Crippen LogP contribution in [-0.4, -0.2) is 29.6 Å². The van der Waals surface area contributed by atoms with Gasteiger partial charge in [-0.1, -0.05) is 103 Å². The van der Waals surface area contributed by atoms with Gasteiger partial charge in [-0.3, -0.25) is 4.90 Å². The SMILES string of the molecule is Cl.OC(CC#CCN1CCC(c2ccccc2)C1)(c1ccccc1)c1ccccc1. The third kappa shape index (κ3) is 5.12. The van der Waals surface area contributed by atoms with Gasteiger partial charge in [0.05, 0.1) is 6.54 Å². The largest absolute Gasteiger partial charge is 0.379 e. The molecule has 0 aromatic heterocycles. The fourth-order valence-corrected chi connectivity index (χ4v) is 4.13. The normalized spacial score (nSPS) is 16.4. The highest BCUT2D eigenvalue weighted by Crippen LogP contribution is 2.32. The second kappa shape index (κ2) is 10.5. The standard InChI is InChI=1S/C27H27NO.ClH/c29-27(25-14-6-2-7-15-25,26-16-8-3-9-17-26)19-10-11-20-28-21-18-24(22-28)23-12-4-1-5-13-23;/h1-9,12-17,24,29H,18-22H2;1H. The fourth-order valence-electron chi connectivity index (χ4n) is 4.13. The van der Waals surface area contributed by atoms with Crippen LogP contribution in [0.15, 0.2) is 91.0 Å². The molecule has 1 aliphatic heterocycles. The van der Waals surface area contributed by atoms with Gasteiger partial charge in [-0.2, -0.15) is 0 Å². The number of hydrogen-bond donors (Lipinski definition) is 1. The summed E-state index contributed by atoms with van der Waals surface area (Å²) in [4.78, 5) is 2.41. The maximum absolute atomic E-state index is 11.5. The third-order valence-electron chi connectivity index (χ3n) is 5.82. The minimum atomic E-state index is -1.09. The average Bonchev–Trinajstić information content (AvgIpc) is 3.27. The molecule has 3 aromatic carbocycles. The lowest BCUT2D eigenvalue weighted by Gasteiger charge is -2.27. The Kier molecular flexibility index (Phi) is 7.71. The summed E-state index contributed by atoms with van der Waals surface area (Å²) in [6.45, 7) is 2.89. The van der Waals surface area contributed by atoms with Crippen LogP contribution in [0.5, 0.6) is 0 Å². The van der Waals surface area contributed by atoms with E-state index in [1.165, 1.54) is 12.0 Å². The third-order valence-corrected chi connectivity index (χ3v) is 5.82. The molecule has 1 aliphatic rings. The van der Waals surface area contributed by atoms with E-state index < -0.39 is 5.60 Å². The Balaban J connectivity index is 0.00000256. The van der Waals surface area contributed by atoms with E-state index in [4.69, 9.17) is 0 Å². The van der Waals surface area contributed by atoms with Crippen molar-refractivity contribution < 1.29 is 5.11 Å². The average molecular weight is 418 g/mol. The maximum atomic E-state index is 11.5. The van der Waals surface area contributed by atoms with Gasteiger partial charge in [0.25, 0.3) is 0 Å². The van der Waals surface area contributed by atoms with Gasteiger partial charge in [-0.05, 0) is 35.6 Å².